The lowest BCUT2D eigenvalue weighted by Gasteiger charge is -2.26. The Balaban J connectivity index is 1.75. The molecule has 4 rings (SSSR count). The van der Waals surface area contributed by atoms with E-state index in [1.54, 1.807) is 11.9 Å². The van der Waals surface area contributed by atoms with Gasteiger partial charge in [-0.15, -0.1) is 0 Å². The van der Waals surface area contributed by atoms with Gasteiger partial charge in [0.15, 0.2) is 6.61 Å². The minimum absolute atomic E-state index is 0.0157. The third-order valence-electron chi connectivity index (χ3n) is 4.69. The van der Waals surface area contributed by atoms with Gasteiger partial charge in [-0.2, -0.15) is 0 Å². The Morgan fingerprint density at radius 1 is 1.22 bits per heavy atom. The number of pyridine rings is 1. The minimum Gasteiger partial charge on any atom is -0.491 e. The van der Waals surface area contributed by atoms with E-state index in [1.807, 2.05) is 49.4 Å². The van der Waals surface area contributed by atoms with Crippen molar-refractivity contribution in [1.82, 2.24) is 4.98 Å². The van der Waals surface area contributed by atoms with Crippen LogP contribution in [0.3, 0.4) is 0 Å². The Bertz CT molecular complexity index is 1010. The molecule has 6 nitrogen and oxygen atoms in total. The molecule has 3 aromatic rings. The molecule has 2 heterocycles. The fourth-order valence-corrected chi connectivity index (χ4v) is 3.19. The summed E-state index contributed by atoms with van der Waals surface area (Å²) >= 11 is 0. The summed E-state index contributed by atoms with van der Waals surface area (Å²) in [5.74, 6) is 1.33. The molecule has 1 aliphatic rings. The number of aliphatic hydroxyl groups excluding tert-OH is 1. The molecule has 27 heavy (non-hydrogen) atoms. The first-order chi connectivity index (χ1) is 13.1. The average Bonchev–Trinajstić information content (AvgIpc) is 2.69. The Morgan fingerprint density at radius 3 is 2.74 bits per heavy atom. The van der Waals surface area contributed by atoms with Gasteiger partial charge in [0.25, 0.3) is 5.91 Å². The highest BCUT2D eigenvalue weighted by molar-refractivity contribution is 6.01. The van der Waals surface area contributed by atoms with Crippen molar-refractivity contribution in [2.24, 2.45) is 0 Å². The summed E-state index contributed by atoms with van der Waals surface area (Å²) in [4.78, 5) is 18.3. The summed E-state index contributed by atoms with van der Waals surface area (Å²) in [5.41, 5.74) is 4.45. The zero-order chi connectivity index (χ0) is 19.0. The van der Waals surface area contributed by atoms with Crippen LogP contribution < -0.4 is 14.4 Å². The Morgan fingerprint density at radius 2 is 2.00 bits per heavy atom. The number of rotatable bonds is 4. The second-order valence-electron chi connectivity index (χ2n) is 6.50. The molecule has 0 spiro atoms. The standard InChI is InChI=1S/C21H20N2O4/c1-13-9-17(14-3-5-15(6-4-14)26-8-7-24)22-18-11-19-20(10-16(13)18)27-12-21(25)23(19)2/h3-6,9-11,24H,7-8,12H2,1-2H3. The van der Waals surface area contributed by atoms with Crippen molar-refractivity contribution in [3.8, 4) is 22.8 Å². The molecule has 0 unspecified atom stereocenters. The minimum atomic E-state index is -0.0757. The van der Waals surface area contributed by atoms with Crippen molar-refractivity contribution in [1.29, 1.82) is 0 Å². The average molecular weight is 364 g/mol. The highest BCUT2D eigenvalue weighted by atomic mass is 16.5. The van der Waals surface area contributed by atoms with Crippen molar-refractivity contribution in [3.63, 3.8) is 0 Å². The van der Waals surface area contributed by atoms with Crippen LogP contribution in [0, 0.1) is 6.92 Å². The molecule has 1 aliphatic heterocycles. The molecule has 6 heteroatoms. The van der Waals surface area contributed by atoms with Gasteiger partial charge in [-0.1, -0.05) is 0 Å². The number of aryl methyl sites for hydroxylation is 1. The number of likely N-dealkylation sites (N-methyl/N-ethyl adjacent to an activating group) is 1. The van der Waals surface area contributed by atoms with Crippen LogP contribution in [-0.2, 0) is 4.79 Å². The topological polar surface area (TPSA) is 71.9 Å². The maximum absolute atomic E-state index is 11.9. The lowest BCUT2D eigenvalue weighted by atomic mass is 10.0. The van der Waals surface area contributed by atoms with Crippen LogP contribution in [0.2, 0.25) is 0 Å². The van der Waals surface area contributed by atoms with E-state index in [4.69, 9.17) is 19.6 Å². The molecular formula is C21H20N2O4. The van der Waals surface area contributed by atoms with Gasteiger partial charge in [0.2, 0.25) is 0 Å². The molecule has 0 radical (unpaired) electrons. The number of nitrogens with zero attached hydrogens (tertiary/aromatic N) is 2. The number of anilines is 1. The summed E-state index contributed by atoms with van der Waals surface area (Å²) < 4.78 is 11.0. The molecule has 0 saturated carbocycles. The van der Waals surface area contributed by atoms with Gasteiger partial charge in [-0.25, -0.2) is 4.98 Å². The van der Waals surface area contributed by atoms with Crippen molar-refractivity contribution in [2.45, 2.75) is 6.92 Å². The first-order valence-corrected chi connectivity index (χ1v) is 8.75. The summed E-state index contributed by atoms with van der Waals surface area (Å²) in [6, 6.07) is 13.5. The zero-order valence-corrected chi connectivity index (χ0v) is 15.2. The summed E-state index contributed by atoms with van der Waals surface area (Å²) in [5, 5.41) is 9.85. The van der Waals surface area contributed by atoms with E-state index in [0.717, 1.165) is 33.4 Å². The largest absolute Gasteiger partial charge is 0.491 e. The number of amides is 1. The van der Waals surface area contributed by atoms with Crippen molar-refractivity contribution in [2.75, 3.05) is 31.8 Å². The highest BCUT2D eigenvalue weighted by Crippen LogP contribution is 2.37. The number of carbonyl (C=O) groups is 1. The Labute approximate surface area is 157 Å². The normalized spacial score (nSPS) is 13.4. The van der Waals surface area contributed by atoms with E-state index in [1.165, 1.54) is 0 Å². The summed E-state index contributed by atoms with van der Waals surface area (Å²) in [7, 11) is 1.75. The second kappa shape index (κ2) is 6.89. The molecule has 0 fully saturated rings. The number of fused-ring (bicyclic) bond motifs is 2. The zero-order valence-electron chi connectivity index (χ0n) is 15.2. The maximum Gasteiger partial charge on any atom is 0.264 e. The lowest BCUT2D eigenvalue weighted by molar-refractivity contribution is -0.120. The number of benzene rings is 2. The molecule has 1 amide bonds. The summed E-state index contributed by atoms with van der Waals surface area (Å²) in [6.07, 6.45) is 0. The molecule has 0 aliphatic carbocycles. The first-order valence-electron chi connectivity index (χ1n) is 8.75. The van der Waals surface area contributed by atoms with Crippen LogP contribution >= 0.6 is 0 Å². The Hall–Kier alpha value is -3.12. The van der Waals surface area contributed by atoms with Crippen molar-refractivity contribution >= 4 is 22.5 Å². The molecule has 0 bridgehead atoms. The van der Waals surface area contributed by atoms with Gasteiger partial charge in [0.1, 0.15) is 18.1 Å². The third kappa shape index (κ3) is 3.19. The smallest absolute Gasteiger partial charge is 0.264 e. The molecule has 2 aromatic carbocycles. The van der Waals surface area contributed by atoms with Crippen LogP contribution in [-0.4, -0.2) is 42.9 Å². The fraction of sp³-hybridized carbons (Fsp3) is 0.238. The molecule has 0 saturated heterocycles. The number of hydrogen-bond donors (Lipinski definition) is 1. The van der Waals surface area contributed by atoms with Crippen LogP contribution in [0.1, 0.15) is 5.56 Å². The molecular weight excluding hydrogens is 344 g/mol. The van der Waals surface area contributed by atoms with E-state index < -0.39 is 0 Å². The molecule has 1 N–H and O–H groups in total. The molecule has 0 atom stereocenters. The number of ether oxygens (including phenoxy) is 2. The lowest BCUT2D eigenvalue weighted by Crippen LogP contribution is -2.35. The number of carbonyl (C=O) groups excluding carboxylic acids is 1. The highest BCUT2D eigenvalue weighted by Gasteiger charge is 2.23. The van der Waals surface area contributed by atoms with E-state index >= 15 is 0 Å². The monoisotopic (exact) mass is 364 g/mol. The SMILES string of the molecule is Cc1cc(-c2ccc(OCCO)cc2)nc2cc3c(cc12)OCC(=O)N3C. The van der Waals surface area contributed by atoms with Crippen LogP contribution in [0.4, 0.5) is 5.69 Å². The maximum atomic E-state index is 11.9. The van der Waals surface area contributed by atoms with Crippen molar-refractivity contribution in [3.05, 3.63) is 48.0 Å². The third-order valence-corrected chi connectivity index (χ3v) is 4.69. The van der Waals surface area contributed by atoms with Crippen LogP contribution in [0.15, 0.2) is 42.5 Å². The van der Waals surface area contributed by atoms with Gasteiger partial charge in [-0.3, -0.25) is 4.79 Å². The quantitative estimate of drug-likeness (QED) is 0.771. The predicted molar refractivity (Wildman–Crippen MR) is 103 cm³/mol. The van der Waals surface area contributed by atoms with Gasteiger partial charge in [-0.05, 0) is 55.0 Å². The van der Waals surface area contributed by atoms with E-state index in [-0.39, 0.29) is 25.7 Å². The van der Waals surface area contributed by atoms with Crippen LogP contribution in [0.5, 0.6) is 11.5 Å². The second-order valence-corrected chi connectivity index (χ2v) is 6.50. The first kappa shape index (κ1) is 17.3. The fourth-order valence-electron chi connectivity index (χ4n) is 3.19. The van der Waals surface area contributed by atoms with Gasteiger partial charge in [0.05, 0.1) is 23.5 Å². The van der Waals surface area contributed by atoms with Crippen molar-refractivity contribution < 1.29 is 19.4 Å². The number of aromatic nitrogens is 1. The van der Waals surface area contributed by atoms with Gasteiger partial charge in [0, 0.05) is 18.0 Å². The number of hydrogen-bond acceptors (Lipinski definition) is 5. The Kier molecular flexibility index (Phi) is 4.41. The molecule has 1 aromatic heterocycles. The summed E-state index contributed by atoms with van der Waals surface area (Å²) in [6.45, 7) is 2.35. The van der Waals surface area contributed by atoms with Gasteiger partial charge >= 0.3 is 0 Å². The van der Waals surface area contributed by atoms with E-state index in [9.17, 15) is 4.79 Å². The van der Waals surface area contributed by atoms with Crippen LogP contribution in [0.25, 0.3) is 22.2 Å². The van der Waals surface area contributed by atoms with E-state index in [2.05, 4.69) is 0 Å². The van der Waals surface area contributed by atoms with Gasteiger partial charge < -0.3 is 19.5 Å². The predicted octanol–water partition coefficient (Wildman–Crippen LogP) is 2.94. The molecule has 138 valence electrons. The van der Waals surface area contributed by atoms with E-state index in [0.29, 0.717) is 11.5 Å². The number of aliphatic hydroxyl groups is 1.